The molecule has 0 fully saturated rings. The van der Waals surface area contributed by atoms with Crippen LogP contribution in [0.25, 0.3) is 233 Å². The number of rotatable bonds is 13. The van der Waals surface area contributed by atoms with Crippen LogP contribution in [0.4, 0.5) is 0 Å². The molecular weight excluding hydrogens is 1560 g/mol. The molecule has 0 atom stereocenters. The molecule has 0 saturated carbocycles. The summed E-state index contributed by atoms with van der Waals surface area (Å²) in [4.78, 5) is 54.3. The van der Waals surface area contributed by atoms with Gasteiger partial charge in [0.2, 0.25) is 0 Å². The highest BCUT2D eigenvalue weighted by atomic mass is 14.9. The summed E-state index contributed by atoms with van der Waals surface area (Å²) in [5.74, 6) is 0. The van der Waals surface area contributed by atoms with Gasteiger partial charge in [0.15, 0.2) is 0 Å². The Kier molecular flexibility index (Phi) is 20.5. The van der Waals surface area contributed by atoms with Crippen molar-refractivity contribution in [1.29, 1.82) is 0 Å². The Morgan fingerprint density at radius 2 is 0.398 bits per heavy atom. The van der Waals surface area contributed by atoms with Crippen molar-refractivity contribution in [2.75, 3.05) is 0 Å². The fraction of sp³-hybridized carbons (Fsp3) is 0. The Hall–Kier alpha value is -17.4. The van der Waals surface area contributed by atoms with Gasteiger partial charge in [-0.3, -0.25) is 19.9 Å². The van der Waals surface area contributed by atoms with Gasteiger partial charge in [-0.05, 0) is 135 Å². The molecule has 0 aliphatic rings. The molecule has 0 N–H and O–H groups in total. The van der Waals surface area contributed by atoms with E-state index in [0.29, 0.717) is 0 Å². The largest absolute Gasteiger partial charge is 0.255 e. The first-order valence-electron chi connectivity index (χ1n) is 42.8. The van der Waals surface area contributed by atoms with Gasteiger partial charge < -0.3 is 0 Å². The van der Waals surface area contributed by atoms with Crippen LogP contribution in [-0.4, -0.2) is 54.8 Å². The number of hydrogen-bond donors (Lipinski definition) is 0. The zero-order valence-corrected chi connectivity index (χ0v) is 69.2. The number of pyridine rings is 9. The second kappa shape index (κ2) is 34.1. The smallest absolute Gasteiger partial charge is 0.0973 e. The van der Waals surface area contributed by atoms with Crippen LogP contribution in [0, 0.1) is 0 Å². The molecule has 128 heavy (non-hydrogen) atoms. The van der Waals surface area contributed by atoms with Gasteiger partial charge in [0.25, 0.3) is 0 Å². The Bertz CT molecular complexity index is 8020. The van der Waals surface area contributed by atoms with Crippen molar-refractivity contribution in [3.8, 4) is 146 Å². The Morgan fingerprint density at radius 1 is 0.125 bits per heavy atom. The van der Waals surface area contributed by atoms with Crippen molar-refractivity contribution in [3.05, 3.63) is 455 Å². The van der Waals surface area contributed by atoms with Crippen molar-refractivity contribution >= 4 is 86.7 Å². The van der Waals surface area contributed by atoms with E-state index in [2.05, 4.69) is 305 Å². The fourth-order valence-corrected chi connectivity index (χ4v) is 17.4. The molecule has 24 aromatic rings. The van der Waals surface area contributed by atoms with E-state index in [9.17, 15) is 0 Å². The minimum absolute atomic E-state index is 0.791. The predicted molar refractivity (Wildman–Crippen MR) is 526 cm³/mol. The van der Waals surface area contributed by atoms with Gasteiger partial charge in [0.05, 0.1) is 102 Å². The van der Waals surface area contributed by atoms with Crippen LogP contribution < -0.4 is 0 Å². The molecule has 0 saturated heterocycles. The first-order chi connectivity index (χ1) is 63.5. The summed E-state index contributed by atoms with van der Waals surface area (Å²) < 4.78 is 0. The quantitative estimate of drug-likeness (QED) is 0.0804. The molecule has 10 aromatic heterocycles. The third kappa shape index (κ3) is 15.1. The topological polar surface area (TPSA) is 142 Å². The van der Waals surface area contributed by atoms with Gasteiger partial charge in [-0.15, -0.1) is 0 Å². The Morgan fingerprint density at radius 3 is 0.781 bits per heavy atom. The standard InChI is InChI=1S/C43H29N5.2C37H23N3/c1-4-14-31(15-5-1)40-41(32-16-6-2-7-17-32)48-43(42(47-40)33-18-8-3-9-19-33)34-24-22-30(23-25-34)35-28-38(36-20-10-12-26-44-36)46-39(29-35)37-21-11-13-27-45-37;1-3-13-28-24(9-1)18-20-30-35(31-21-19-25-10-2-4-14-29(25)37(31)40-36(28)30)27-12-7-11-26(23-27)32-16-8-17-34(39-32)33-15-5-6-22-38-33;1-3-10-28-24(8-1)19-21-30-35(31-22-20-25-9-2-4-11-29(25)37(31)40-36(28)30)27-17-15-26(16-18-27)32-13-7-14-34(39-32)33-12-5-6-23-38-33/h1-29H;2*1-23H. The highest BCUT2D eigenvalue weighted by Gasteiger charge is 2.23. The highest BCUT2D eigenvalue weighted by molar-refractivity contribution is 6.23. The number of benzene rings is 14. The third-order valence-corrected chi connectivity index (χ3v) is 23.6. The molecule has 0 amide bonds. The zero-order chi connectivity index (χ0) is 85.1. The second-order valence-electron chi connectivity index (χ2n) is 31.5. The van der Waals surface area contributed by atoms with E-state index in [-0.39, 0.29) is 0 Å². The Labute approximate surface area is 738 Å². The van der Waals surface area contributed by atoms with E-state index >= 15 is 0 Å². The highest BCUT2D eigenvalue weighted by Crippen LogP contribution is 2.45. The van der Waals surface area contributed by atoms with Gasteiger partial charge >= 0.3 is 0 Å². The maximum absolute atomic E-state index is 5.39. The van der Waals surface area contributed by atoms with Gasteiger partial charge in [-0.1, -0.05) is 340 Å². The average molecular weight is 1630 g/mol. The van der Waals surface area contributed by atoms with E-state index in [1.165, 1.54) is 43.4 Å². The summed E-state index contributed by atoms with van der Waals surface area (Å²) >= 11 is 0. The van der Waals surface area contributed by atoms with Crippen molar-refractivity contribution in [1.82, 2.24) is 54.8 Å². The molecule has 598 valence electrons. The maximum atomic E-state index is 5.39. The molecule has 0 radical (unpaired) electrons. The fourth-order valence-electron chi connectivity index (χ4n) is 17.4. The van der Waals surface area contributed by atoms with E-state index in [4.69, 9.17) is 34.9 Å². The minimum atomic E-state index is 0.791. The lowest BCUT2D eigenvalue weighted by Gasteiger charge is -2.16. The van der Waals surface area contributed by atoms with E-state index in [1.807, 2.05) is 146 Å². The number of nitrogens with zero attached hydrogens (tertiary/aromatic N) is 11. The van der Waals surface area contributed by atoms with Gasteiger partial charge in [0.1, 0.15) is 0 Å². The Balaban J connectivity index is 0.000000114. The van der Waals surface area contributed by atoms with Crippen LogP contribution in [0.5, 0.6) is 0 Å². The average Bonchev–Trinajstić information content (AvgIpc) is 0.729. The molecule has 11 heteroatoms. The van der Waals surface area contributed by atoms with Crippen LogP contribution >= 0.6 is 0 Å². The zero-order valence-electron chi connectivity index (χ0n) is 69.2. The SMILES string of the molecule is c1ccc(-c2cccc(-c3ccc(-c4c5ccc6ccccc6c5nc5c4ccc4ccccc45)cc3)n2)nc1.c1ccc(-c2cccc(-c3cccc(-c4c5ccc6ccccc6c5nc5c4ccc4ccccc45)c3)n2)nc1.c1ccc(-c2nc(-c3ccccc3)c(-c3ccc(-c4cc(-c5ccccn5)nc(-c5ccccn5)c4)cc3)nc2-c2ccccc2)cc1. The van der Waals surface area contributed by atoms with Gasteiger partial charge in [0, 0.05) is 112 Å². The summed E-state index contributed by atoms with van der Waals surface area (Å²) in [5, 5.41) is 14.1. The van der Waals surface area contributed by atoms with Crippen molar-refractivity contribution in [2.45, 2.75) is 0 Å². The molecule has 0 aliphatic carbocycles. The van der Waals surface area contributed by atoms with Crippen molar-refractivity contribution in [3.63, 3.8) is 0 Å². The van der Waals surface area contributed by atoms with Gasteiger partial charge in [-0.2, -0.15) is 0 Å². The lowest BCUT2D eigenvalue weighted by atomic mass is 9.91. The van der Waals surface area contributed by atoms with Gasteiger partial charge in [-0.25, -0.2) is 34.9 Å². The minimum Gasteiger partial charge on any atom is -0.255 e. The number of hydrogen-bond acceptors (Lipinski definition) is 11. The second-order valence-corrected chi connectivity index (χ2v) is 31.5. The number of aromatic nitrogens is 11. The van der Waals surface area contributed by atoms with Crippen molar-refractivity contribution < 1.29 is 0 Å². The summed E-state index contributed by atoms with van der Waals surface area (Å²) in [6, 6.07) is 149. The number of fused-ring (bicyclic) bond motifs is 12. The maximum Gasteiger partial charge on any atom is 0.0973 e. The molecule has 14 aromatic carbocycles. The molecule has 10 heterocycles. The van der Waals surface area contributed by atoms with E-state index in [1.54, 1.807) is 24.8 Å². The summed E-state index contributed by atoms with van der Waals surface area (Å²) in [6.07, 6.45) is 7.18. The van der Waals surface area contributed by atoms with E-state index < -0.39 is 0 Å². The summed E-state index contributed by atoms with van der Waals surface area (Å²) in [5.41, 5.74) is 28.9. The molecule has 0 spiro atoms. The van der Waals surface area contributed by atoms with Crippen LogP contribution in [0.15, 0.2) is 455 Å². The molecule has 11 nitrogen and oxygen atoms in total. The molecule has 0 bridgehead atoms. The third-order valence-electron chi connectivity index (χ3n) is 23.6. The monoisotopic (exact) mass is 1630 g/mol. The van der Waals surface area contributed by atoms with Crippen molar-refractivity contribution in [2.24, 2.45) is 0 Å². The first kappa shape index (κ1) is 76.7. The molecule has 0 unspecified atom stereocenters. The van der Waals surface area contributed by atoms with Crippen LogP contribution in [0.1, 0.15) is 0 Å². The predicted octanol–water partition coefficient (Wildman–Crippen LogP) is 29.3. The normalized spacial score (nSPS) is 11.3. The van der Waals surface area contributed by atoms with Crippen LogP contribution in [0.3, 0.4) is 0 Å². The molecule has 24 rings (SSSR count). The molecule has 0 aliphatic heterocycles. The summed E-state index contributed by atoms with van der Waals surface area (Å²) in [6.45, 7) is 0. The van der Waals surface area contributed by atoms with Crippen LogP contribution in [0.2, 0.25) is 0 Å². The first-order valence-corrected chi connectivity index (χ1v) is 42.8. The van der Waals surface area contributed by atoms with Crippen LogP contribution in [-0.2, 0) is 0 Å². The van der Waals surface area contributed by atoms with E-state index in [0.717, 1.165) is 190 Å². The lowest BCUT2D eigenvalue weighted by molar-refractivity contribution is 1.21. The molecular formula is C117H75N11. The summed E-state index contributed by atoms with van der Waals surface area (Å²) in [7, 11) is 0. The lowest BCUT2D eigenvalue weighted by Crippen LogP contribution is -2.00.